The summed E-state index contributed by atoms with van der Waals surface area (Å²) in [5.74, 6) is 0.740. The summed E-state index contributed by atoms with van der Waals surface area (Å²) in [6.45, 7) is 0. The molecule has 28 heavy (non-hydrogen) atoms. The van der Waals surface area contributed by atoms with Gasteiger partial charge in [0.05, 0.1) is 22.5 Å². The summed E-state index contributed by atoms with van der Waals surface area (Å²) < 4.78 is 0.997. The molecule has 0 amide bonds. The van der Waals surface area contributed by atoms with Gasteiger partial charge in [0.15, 0.2) is 0 Å². The molecule has 0 fully saturated rings. The van der Waals surface area contributed by atoms with Crippen molar-refractivity contribution in [2.24, 2.45) is 0 Å². The summed E-state index contributed by atoms with van der Waals surface area (Å²) in [7, 11) is 0. The maximum absolute atomic E-state index is 9.38. The monoisotopic (exact) mass is 424 g/mol. The lowest BCUT2D eigenvalue weighted by molar-refractivity contribution is 1.31. The van der Waals surface area contributed by atoms with Crippen LogP contribution in [-0.4, -0.2) is 9.97 Å². The minimum absolute atomic E-state index is 0.340. The maximum Gasteiger partial charge on any atom is 0.138 e. The summed E-state index contributed by atoms with van der Waals surface area (Å²) in [5.41, 5.74) is 5.05. The van der Waals surface area contributed by atoms with Crippen molar-refractivity contribution in [1.29, 1.82) is 10.5 Å². The number of H-pyrrole nitrogens is 1. The van der Waals surface area contributed by atoms with E-state index < -0.39 is 0 Å². The van der Waals surface area contributed by atoms with Gasteiger partial charge in [-0.15, -0.1) is 0 Å². The number of aromatic nitrogens is 2. The number of nitrogens with zero attached hydrogens (tertiary/aromatic N) is 3. The highest BCUT2D eigenvalue weighted by Crippen LogP contribution is 2.34. The number of rotatable bonds is 3. The highest BCUT2D eigenvalue weighted by Gasteiger charge is 2.16. The van der Waals surface area contributed by atoms with Gasteiger partial charge in [-0.1, -0.05) is 64.5 Å². The second-order valence-electron chi connectivity index (χ2n) is 6.17. The van der Waals surface area contributed by atoms with Crippen molar-refractivity contribution in [1.82, 2.24) is 9.97 Å². The Kier molecular flexibility index (Phi) is 4.76. The minimum Gasteiger partial charge on any atom is -0.337 e. The van der Waals surface area contributed by atoms with Gasteiger partial charge in [0.25, 0.3) is 0 Å². The smallest absolute Gasteiger partial charge is 0.138 e. The number of hydrogen-bond acceptors (Lipinski definition) is 3. The van der Waals surface area contributed by atoms with Gasteiger partial charge in [0, 0.05) is 21.2 Å². The van der Waals surface area contributed by atoms with Crippen LogP contribution in [0.4, 0.5) is 0 Å². The Labute approximate surface area is 170 Å². The number of benzene rings is 3. The number of nitrogens with one attached hydrogen (secondary N) is 1. The van der Waals surface area contributed by atoms with Crippen LogP contribution in [0.3, 0.4) is 0 Å². The molecule has 0 aliphatic rings. The van der Waals surface area contributed by atoms with Crippen LogP contribution in [0.2, 0.25) is 0 Å². The zero-order valence-corrected chi connectivity index (χ0v) is 16.2. The predicted octanol–water partition coefficient (Wildman–Crippen LogP) is 5.92. The molecular formula is C23H13BrN4. The molecule has 0 aliphatic carbocycles. The molecule has 0 radical (unpaired) electrons. The number of nitriles is 2. The van der Waals surface area contributed by atoms with Crippen LogP contribution in [0, 0.1) is 22.7 Å². The van der Waals surface area contributed by atoms with Crippen molar-refractivity contribution in [3.63, 3.8) is 0 Å². The fourth-order valence-corrected chi connectivity index (χ4v) is 3.29. The highest BCUT2D eigenvalue weighted by molar-refractivity contribution is 9.10. The van der Waals surface area contributed by atoms with Crippen molar-refractivity contribution in [2.45, 2.75) is 0 Å². The summed E-state index contributed by atoms with van der Waals surface area (Å²) in [5, 5.41) is 18.6. The second-order valence-corrected chi connectivity index (χ2v) is 7.08. The second kappa shape index (κ2) is 7.52. The molecule has 0 saturated heterocycles. The molecule has 0 saturated carbocycles. The molecule has 3 aromatic carbocycles. The van der Waals surface area contributed by atoms with Gasteiger partial charge in [0.1, 0.15) is 18.0 Å². The van der Waals surface area contributed by atoms with Crippen LogP contribution in [0.15, 0.2) is 77.3 Å². The Morgan fingerprint density at radius 1 is 0.750 bits per heavy atom. The molecule has 4 nitrogen and oxygen atoms in total. The summed E-state index contributed by atoms with van der Waals surface area (Å²) in [4.78, 5) is 8.25. The zero-order valence-electron chi connectivity index (χ0n) is 14.6. The van der Waals surface area contributed by atoms with Crippen molar-refractivity contribution >= 4 is 15.9 Å². The van der Waals surface area contributed by atoms with E-state index in [1.165, 1.54) is 0 Å². The van der Waals surface area contributed by atoms with E-state index in [-0.39, 0.29) is 0 Å². The average Bonchev–Trinajstić information content (AvgIpc) is 3.20. The van der Waals surface area contributed by atoms with Gasteiger partial charge < -0.3 is 4.98 Å². The Hall–Kier alpha value is -3.67. The standard InChI is InChI=1S/C23H13BrN4/c24-20-10-8-16(9-11-20)23-27-21(15-4-2-1-3-5-15)22(28-23)17-6-7-18(13-25)19(12-17)14-26/h1-12H,(H,27,28). The third kappa shape index (κ3) is 3.32. The summed E-state index contributed by atoms with van der Waals surface area (Å²) >= 11 is 3.45. The first-order valence-electron chi connectivity index (χ1n) is 8.55. The minimum atomic E-state index is 0.340. The van der Waals surface area contributed by atoms with Gasteiger partial charge in [-0.05, 0) is 24.3 Å². The molecule has 0 aliphatic heterocycles. The van der Waals surface area contributed by atoms with Gasteiger partial charge in [-0.25, -0.2) is 4.98 Å². The number of imidazole rings is 1. The molecule has 1 heterocycles. The number of aromatic amines is 1. The van der Waals surface area contributed by atoms with E-state index in [0.29, 0.717) is 11.1 Å². The van der Waals surface area contributed by atoms with Crippen LogP contribution < -0.4 is 0 Å². The van der Waals surface area contributed by atoms with Gasteiger partial charge >= 0.3 is 0 Å². The number of hydrogen-bond donors (Lipinski definition) is 1. The van der Waals surface area contributed by atoms with Crippen molar-refractivity contribution in [3.05, 3.63) is 88.4 Å². The van der Waals surface area contributed by atoms with Crippen molar-refractivity contribution < 1.29 is 0 Å². The molecule has 0 atom stereocenters. The van der Waals surface area contributed by atoms with E-state index in [1.54, 1.807) is 12.1 Å². The van der Waals surface area contributed by atoms with Crippen LogP contribution >= 0.6 is 15.9 Å². The molecular weight excluding hydrogens is 412 g/mol. The molecule has 1 aromatic heterocycles. The maximum atomic E-state index is 9.38. The fourth-order valence-electron chi connectivity index (χ4n) is 3.02. The first-order chi connectivity index (χ1) is 13.7. The summed E-state index contributed by atoms with van der Waals surface area (Å²) in [6, 6.07) is 27.2. The van der Waals surface area contributed by atoms with Crippen LogP contribution in [0.25, 0.3) is 33.9 Å². The van der Waals surface area contributed by atoms with Crippen LogP contribution in [0.1, 0.15) is 11.1 Å². The summed E-state index contributed by atoms with van der Waals surface area (Å²) in [6.07, 6.45) is 0. The highest BCUT2D eigenvalue weighted by atomic mass is 79.9. The van der Waals surface area contributed by atoms with Crippen molar-refractivity contribution in [3.8, 4) is 46.0 Å². The Morgan fingerprint density at radius 3 is 2.11 bits per heavy atom. The van der Waals surface area contributed by atoms with Gasteiger partial charge in [-0.3, -0.25) is 0 Å². The molecule has 5 heteroatoms. The van der Waals surface area contributed by atoms with E-state index in [1.807, 2.05) is 60.7 Å². The zero-order chi connectivity index (χ0) is 19.5. The van der Waals surface area contributed by atoms with E-state index in [0.717, 1.165) is 38.4 Å². The molecule has 1 N–H and O–H groups in total. The fraction of sp³-hybridized carbons (Fsp3) is 0. The Morgan fingerprint density at radius 2 is 1.43 bits per heavy atom. The normalized spacial score (nSPS) is 10.2. The van der Waals surface area contributed by atoms with E-state index in [9.17, 15) is 10.5 Å². The lowest BCUT2D eigenvalue weighted by Crippen LogP contribution is -1.88. The lowest BCUT2D eigenvalue weighted by Gasteiger charge is -2.04. The number of halogens is 1. The molecule has 4 rings (SSSR count). The SMILES string of the molecule is N#Cc1ccc(-c2nc(-c3ccc(Br)cc3)[nH]c2-c2ccccc2)cc1C#N. The molecule has 0 bridgehead atoms. The van der Waals surface area contributed by atoms with Gasteiger partial charge in [0.2, 0.25) is 0 Å². The lowest BCUT2D eigenvalue weighted by atomic mass is 10.0. The predicted molar refractivity (Wildman–Crippen MR) is 112 cm³/mol. The van der Waals surface area contributed by atoms with Crippen LogP contribution in [0.5, 0.6) is 0 Å². The van der Waals surface area contributed by atoms with E-state index in [2.05, 4.69) is 33.1 Å². The first-order valence-corrected chi connectivity index (χ1v) is 9.35. The Bertz CT molecular complexity index is 1230. The first kappa shape index (κ1) is 17.7. The molecule has 132 valence electrons. The molecule has 0 spiro atoms. The molecule has 0 unspecified atom stereocenters. The Balaban J connectivity index is 1.92. The van der Waals surface area contributed by atoms with E-state index >= 15 is 0 Å². The van der Waals surface area contributed by atoms with Crippen LogP contribution in [-0.2, 0) is 0 Å². The van der Waals surface area contributed by atoms with Crippen molar-refractivity contribution in [2.75, 3.05) is 0 Å². The largest absolute Gasteiger partial charge is 0.337 e. The topological polar surface area (TPSA) is 76.3 Å². The quantitative estimate of drug-likeness (QED) is 0.443. The average molecular weight is 425 g/mol. The third-order valence-electron chi connectivity index (χ3n) is 4.42. The molecule has 4 aromatic rings. The third-order valence-corrected chi connectivity index (χ3v) is 4.95. The van der Waals surface area contributed by atoms with Gasteiger partial charge in [-0.2, -0.15) is 10.5 Å². The van der Waals surface area contributed by atoms with E-state index in [4.69, 9.17) is 4.98 Å².